The van der Waals surface area contributed by atoms with Gasteiger partial charge in [0.2, 0.25) is 15.9 Å². The third-order valence-corrected chi connectivity index (χ3v) is 6.00. The molecule has 0 spiro atoms. The second kappa shape index (κ2) is 7.96. The van der Waals surface area contributed by atoms with Crippen LogP contribution in [-0.2, 0) is 14.8 Å². The molecule has 2 rings (SSSR count). The Morgan fingerprint density at radius 3 is 2.25 bits per heavy atom. The molecule has 1 amide bonds. The number of carbonyl (C=O) groups is 1. The van der Waals surface area contributed by atoms with Crippen molar-refractivity contribution in [3.05, 3.63) is 24.3 Å². The lowest BCUT2D eigenvalue weighted by molar-refractivity contribution is -0.115. The van der Waals surface area contributed by atoms with Crippen LogP contribution in [0.1, 0.15) is 6.42 Å². The van der Waals surface area contributed by atoms with E-state index < -0.39 is 10.0 Å². The van der Waals surface area contributed by atoms with E-state index in [-0.39, 0.29) is 18.1 Å². The lowest BCUT2D eigenvalue weighted by Crippen LogP contribution is -2.44. The number of anilines is 2. The average molecular weight is 354 g/mol. The van der Waals surface area contributed by atoms with Crippen molar-refractivity contribution in [1.82, 2.24) is 9.21 Å². The molecule has 1 N–H and O–H groups in total. The molecule has 1 aromatic rings. The van der Waals surface area contributed by atoms with E-state index in [0.29, 0.717) is 5.69 Å². The zero-order valence-corrected chi connectivity index (χ0v) is 15.3. The van der Waals surface area contributed by atoms with Gasteiger partial charge >= 0.3 is 0 Å². The van der Waals surface area contributed by atoms with Crippen molar-refractivity contribution in [3.63, 3.8) is 0 Å². The molecule has 24 heavy (non-hydrogen) atoms. The summed E-state index contributed by atoms with van der Waals surface area (Å²) in [5, 5.41) is 2.74. The molecule has 0 radical (unpaired) electrons. The number of nitrogens with one attached hydrogen (secondary N) is 1. The fraction of sp³-hybridized carbons (Fsp3) is 0.562. The van der Waals surface area contributed by atoms with E-state index in [2.05, 4.69) is 22.2 Å². The standard InChI is InChI=1S/C16H26N4O3S/c1-18(2)24(22,23)13-8-16(21)17-14-4-6-15(7-5-14)20-11-9-19(3)10-12-20/h4-7H,8-13H2,1-3H3,(H,17,21). The van der Waals surface area contributed by atoms with Crippen LogP contribution in [0.25, 0.3) is 0 Å². The molecule has 0 bridgehead atoms. The summed E-state index contributed by atoms with van der Waals surface area (Å²) >= 11 is 0. The maximum Gasteiger partial charge on any atom is 0.225 e. The highest BCUT2D eigenvalue weighted by atomic mass is 32.2. The first-order valence-corrected chi connectivity index (χ1v) is 9.62. The van der Waals surface area contributed by atoms with Gasteiger partial charge in [-0.1, -0.05) is 0 Å². The predicted octanol–water partition coefficient (Wildman–Crippen LogP) is 0.658. The van der Waals surface area contributed by atoms with Crippen LogP contribution < -0.4 is 10.2 Å². The summed E-state index contributed by atoms with van der Waals surface area (Å²) in [5.74, 6) is -0.488. The van der Waals surface area contributed by atoms with E-state index >= 15 is 0 Å². The van der Waals surface area contributed by atoms with Gasteiger partial charge in [-0.25, -0.2) is 12.7 Å². The number of hydrogen-bond donors (Lipinski definition) is 1. The third-order valence-electron chi connectivity index (χ3n) is 4.16. The zero-order chi connectivity index (χ0) is 17.7. The van der Waals surface area contributed by atoms with E-state index in [4.69, 9.17) is 0 Å². The van der Waals surface area contributed by atoms with E-state index in [1.54, 1.807) is 0 Å². The molecular weight excluding hydrogens is 328 g/mol. The second-order valence-electron chi connectivity index (χ2n) is 6.23. The Bertz CT molecular complexity index is 650. The van der Waals surface area contributed by atoms with Crippen molar-refractivity contribution in [2.75, 3.05) is 63.3 Å². The van der Waals surface area contributed by atoms with Gasteiger partial charge < -0.3 is 15.1 Å². The first kappa shape index (κ1) is 18.7. The quantitative estimate of drug-likeness (QED) is 0.812. The summed E-state index contributed by atoms with van der Waals surface area (Å²) in [4.78, 5) is 16.5. The number of rotatable bonds is 6. The smallest absolute Gasteiger partial charge is 0.225 e. The first-order valence-electron chi connectivity index (χ1n) is 8.01. The Morgan fingerprint density at radius 1 is 1.12 bits per heavy atom. The Balaban J connectivity index is 1.86. The topological polar surface area (TPSA) is 73.0 Å². The minimum absolute atomic E-state index is 0.0548. The maximum absolute atomic E-state index is 11.9. The number of nitrogens with zero attached hydrogens (tertiary/aromatic N) is 3. The van der Waals surface area contributed by atoms with E-state index in [9.17, 15) is 13.2 Å². The molecule has 1 heterocycles. The summed E-state index contributed by atoms with van der Waals surface area (Å²) in [6, 6.07) is 7.67. The van der Waals surface area contributed by atoms with E-state index in [1.807, 2.05) is 24.3 Å². The van der Waals surface area contributed by atoms with Gasteiger partial charge in [-0.15, -0.1) is 0 Å². The van der Waals surface area contributed by atoms with Gasteiger partial charge in [0.05, 0.1) is 5.75 Å². The Hall–Kier alpha value is -1.64. The molecular formula is C16H26N4O3S. The van der Waals surface area contributed by atoms with Crippen LogP contribution in [-0.4, -0.2) is 76.6 Å². The van der Waals surface area contributed by atoms with Gasteiger partial charge in [0, 0.05) is 58.1 Å². The number of hydrogen-bond acceptors (Lipinski definition) is 5. The second-order valence-corrected chi connectivity index (χ2v) is 8.54. The van der Waals surface area contributed by atoms with Gasteiger partial charge in [-0.2, -0.15) is 0 Å². The van der Waals surface area contributed by atoms with Crippen LogP contribution in [0.2, 0.25) is 0 Å². The van der Waals surface area contributed by atoms with Gasteiger partial charge in [0.25, 0.3) is 0 Å². The van der Waals surface area contributed by atoms with Crippen LogP contribution in [0.5, 0.6) is 0 Å². The van der Waals surface area contributed by atoms with Crippen molar-refractivity contribution in [2.45, 2.75) is 6.42 Å². The van der Waals surface area contributed by atoms with E-state index in [0.717, 1.165) is 36.2 Å². The zero-order valence-electron chi connectivity index (χ0n) is 14.5. The van der Waals surface area contributed by atoms with Crippen LogP contribution in [0.4, 0.5) is 11.4 Å². The van der Waals surface area contributed by atoms with Crippen molar-refractivity contribution in [1.29, 1.82) is 0 Å². The van der Waals surface area contributed by atoms with E-state index in [1.165, 1.54) is 14.1 Å². The van der Waals surface area contributed by atoms with Gasteiger partial charge in [0.1, 0.15) is 0 Å². The Morgan fingerprint density at radius 2 is 1.71 bits per heavy atom. The number of benzene rings is 1. The molecule has 0 aliphatic carbocycles. The van der Waals surface area contributed by atoms with Crippen molar-refractivity contribution >= 4 is 27.3 Å². The van der Waals surface area contributed by atoms with Gasteiger partial charge in [-0.3, -0.25) is 4.79 Å². The lowest BCUT2D eigenvalue weighted by atomic mass is 10.2. The minimum Gasteiger partial charge on any atom is -0.369 e. The number of piperazine rings is 1. The highest BCUT2D eigenvalue weighted by Crippen LogP contribution is 2.19. The molecule has 1 aliphatic rings. The number of carbonyl (C=O) groups excluding carboxylic acids is 1. The first-order chi connectivity index (χ1) is 11.3. The molecule has 0 aromatic heterocycles. The number of sulfonamides is 1. The van der Waals surface area contributed by atoms with Crippen molar-refractivity contribution < 1.29 is 13.2 Å². The summed E-state index contributed by atoms with van der Waals surface area (Å²) in [6.45, 7) is 4.06. The number of amides is 1. The summed E-state index contributed by atoms with van der Waals surface area (Å²) < 4.78 is 24.5. The predicted molar refractivity (Wildman–Crippen MR) is 96.9 cm³/mol. The average Bonchev–Trinajstić information content (AvgIpc) is 2.54. The van der Waals surface area contributed by atoms with Crippen LogP contribution in [0.15, 0.2) is 24.3 Å². The largest absolute Gasteiger partial charge is 0.369 e. The Kier molecular flexibility index (Phi) is 6.20. The van der Waals surface area contributed by atoms with Crippen molar-refractivity contribution in [2.24, 2.45) is 0 Å². The summed E-state index contributed by atoms with van der Waals surface area (Å²) in [5.41, 5.74) is 1.82. The molecule has 0 unspecified atom stereocenters. The summed E-state index contributed by atoms with van der Waals surface area (Å²) in [6.07, 6.45) is -0.0548. The lowest BCUT2D eigenvalue weighted by Gasteiger charge is -2.34. The molecule has 1 aromatic carbocycles. The highest BCUT2D eigenvalue weighted by Gasteiger charge is 2.16. The highest BCUT2D eigenvalue weighted by molar-refractivity contribution is 7.89. The molecule has 0 atom stereocenters. The molecule has 7 nitrogen and oxygen atoms in total. The molecule has 134 valence electrons. The molecule has 0 saturated carbocycles. The van der Waals surface area contributed by atoms with Gasteiger partial charge in [0.15, 0.2) is 0 Å². The summed E-state index contributed by atoms with van der Waals surface area (Å²) in [7, 11) is 1.69. The van der Waals surface area contributed by atoms with Crippen LogP contribution in [0, 0.1) is 0 Å². The molecule has 1 saturated heterocycles. The fourth-order valence-electron chi connectivity index (χ4n) is 2.45. The van der Waals surface area contributed by atoms with Gasteiger partial charge in [-0.05, 0) is 31.3 Å². The van der Waals surface area contributed by atoms with Crippen molar-refractivity contribution in [3.8, 4) is 0 Å². The fourth-order valence-corrected chi connectivity index (χ4v) is 3.26. The Labute approximate surface area is 144 Å². The molecule has 1 fully saturated rings. The molecule has 8 heteroatoms. The third kappa shape index (κ3) is 5.19. The minimum atomic E-state index is -3.35. The monoisotopic (exact) mass is 354 g/mol. The van der Waals surface area contributed by atoms with Crippen LogP contribution >= 0.6 is 0 Å². The number of likely N-dealkylation sites (N-methyl/N-ethyl adjacent to an activating group) is 1. The maximum atomic E-state index is 11.9. The van der Waals surface area contributed by atoms with Crippen LogP contribution in [0.3, 0.4) is 0 Å². The SMILES string of the molecule is CN1CCN(c2ccc(NC(=O)CCS(=O)(=O)N(C)C)cc2)CC1. The normalized spacial score (nSPS) is 16.4. The molecule has 1 aliphatic heterocycles.